The van der Waals surface area contributed by atoms with Crippen molar-refractivity contribution in [3.63, 3.8) is 0 Å². The minimum absolute atomic E-state index is 0.0168. The van der Waals surface area contributed by atoms with Crippen LogP contribution in [-0.2, 0) is 9.53 Å². The largest absolute Gasteiger partial charge is 0.451 e. The van der Waals surface area contributed by atoms with Gasteiger partial charge in [-0.15, -0.1) is 0 Å². The van der Waals surface area contributed by atoms with E-state index in [0.717, 1.165) is 6.07 Å². The Balaban J connectivity index is 1.99. The molecular weight excluding hydrogens is 397 g/mol. The number of aromatic nitrogens is 1. The summed E-state index contributed by atoms with van der Waals surface area (Å²) in [5, 5.41) is 13.1. The topological polar surface area (TPSA) is 111 Å². The zero-order valence-corrected chi connectivity index (χ0v) is 14.4. The second-order valence-electron chi connectivity index (χ2n) is 4.51. The molecular formula is C14H8Cl3N3O5. The van der Waals surface area contributed by atoms with Gasteiger partial charge in [0.25, 0.3) is 11.6 Å². The Morgan fingerprint density at radius 3 is 2.52 bits per heavy atom. The van der Waals surface area contributed by atoms with Crippen LogP contribution >= 0.6 is 34.8 Å². The molecule has 2 rings (SSSR count). The highest BCUT2D eigenvalue weighted by Gasteiger charge is 2.17. The Hall–Kier alpha value is -2.42. The monoisotopic (exact) mass is 403 g/mol. The first-order chi connectivity index (χ1) is 11.8. The predicted octanol–water partition coefficient (Wildman–Crippen LogP) is 3.75. The van der Waals surface area contributed by atoms with Gasteiger partial charge >= 0.3 is 5.97 Å². The number of carbonyl (C=O) groups is 2. The molecule has 1 aromatic heterocycles. The number of carbonyl (C=O) groups excluding carboxylic acids is 2. The molecule has 0 saturated heterocycles. The van der Waals surface area contributed by atoms with E-state index in [2.05, 4.69) is 10.3 Å². The van der Waals surface area contributed by atoms with Gasteiger partial charge in [-0.1, -0.05) is 34.8 Å². The lowest BCUT2D eigenvalue weighted by Gasteiger charge is -2.07. The molecule has 0 aliphatic rings. The highest BCUT2D eigenvalue weighted by atomic mass is 35.5. The molecule has 0 atom stereocenters. The van der Waals surface area contributed by atoms with Gasteiger partial charge in [-0.3, -0.25) is 14.9 Å². The summed E-state index contributed by atoms with van der Waals surface area (Å²) in [4.78, 5) is 37.5. The number of nitrogens with one attached hydrogen (secondary N) is 1. The fourth-order valence-corrected chi connectivity index (χ4v) is 2.20. The molecule has 1 heterocycles. The van der Waals surface area contributed by atoms with Crippen molar-refractivity contribution in [1.29, 1.82) is 0 Å². The van der Waals surface area contributed by atoms with Crippen molar-refractivity contribution in [3.8, 4) is 0 Å². The zero-order chi connectivity index (χ0) is 18.6. The first kappa shape index (κ1) is 18.9. The highest BCUT2D eigenvalue weighted by Crippen LogP contribution is 2.27. The summed E-state index contributed by atoms with van der Waals surface area (Å²) in [6.45, 7) is -0.653. The number of nitro groups is 1. The number of ether oxygens (including phenoxy) is 1. The number of benzene rings is 1. The quantitative estimate of drug-likeness (QED) is 0.351. The lowest BCUT2D eigenvalue weighted by molar-refractivity contribution is -0.384. The fourth-order valence-electron chi connectivity index (χ4n) is 1.69. The van der Waals surface area contributed by atoms with Crippen LogP contribution in [0.3, 0.4) is 0 Å². The van der Waals surface area contributed by atoms with Crippen LogP contribution in [0.4, 0.5) is 11.4 Å². The Kier molecular flexibility index (Phi) is 6.13. The van der Waals surface area contributed by atoms with Crippen LogP contribution in [0.2, 0.25) is 15.2 Å². The number of pyridine rings is 1. The summed E-state index contributed by atoms with van der Waals surface area (Å²) in [6, 6.07) is 6.46. The van der Waals surface area contributed by atoms with E-state index in [9.17, 15) is 19.7 Å². The van der Waals surface area contributed by atoms with Crippen molar-refractivity contribution >= 4 is 58.1 Å². The highest BCUT2D eigenvalue weighted by molar-refractivity contribution is 6.34. The molecule has 1 N–H and O–H groups in total. The lowest BCUT2D eigenvalue weighted by atomic mass is 10.3. The van der Waals surface area contributed by atoms with E-state index in [4.69, 9.17) is 39.5 Å². The first-order valence-electron chi connectivity index (χ1n) is 6.51. The maximum Gasteiger partial charge on any atom is 0.359 e. The van der Waals surface area contributed by atoms with E-state index in [1.807, 2.05) is 0 Å². The smallest absolute Gasteiger partial charge is 0.359 e. The molecule has 25 heavy (non-hydrogen) atoms. The number of halogens is 3. The van der Waals surface area contributed by atoms with Gasteiger partial charge in [0.05, 0.1) is 9.95 Å². The van der Waals surface area contributed by atoms with Crippen molar-refractivity contribution in [1.82, 2.24) is 4.98 Å². The number of hydrogen-bond acceptors (Lipinski definition) is 6. The number of nitrogens with zero attached hydrogens (tertiary/aromatic N) is 2. The van der Waals surface area contributed by atoms with Crippen molar-refractivity contribution in [3.05, 3.63) is 61.3 Å². The maximum atomic E-state index is 11.8. The SMILES string of the molecule is O=C(COC(=O)c1nc(Cl)ccc1Cl)Nc1ccc(Cl)c([N+](=O)[O-])c1. The van der Waals surface area contributed by atoms with Gasteiger partial charge in [0.1, 0.15) is 10.2 Å². The van der Waals surface area contributed by atoms with E-state index in [1.54, 1.807) is 0 Å². The van der Waals surface area contributed by atoms with E-state index in [0.29, 0.717) is 0 Å². The first-order valence-corrected chi connectivity index (χ1v) is 7.64. The molecule has 0 radical (unpaired) electrons. The molecule has 0 aliphatic carbocycles. The third kappa shape index (κ3) is 5.02. The van der Waals surface area contributed by atoms with E-state index in [1.165, 1.54) is 24.3 Å². The molecule has 1 amide bonds. The van der Waals surface area contributed by atoms with Crippen LogP contribution in [0.5, 0.6) is 0 Å². The van der Waals surface area contributed by atoms with E-state index < -0.39 is 23.4 Å². The number of anilines is 1. The third-order valence-corrected chi connectivity index (χ3v) is 3.60. The van der Waals surface area contributed by atoms with Crippen LogP contribution in [0, 0.1) is 10.1 Å². The average molecular weight is 405 g/mol. The summed E-state index contributed by atoms with van der Waals surface area (Å²) in [5.41, 5.74) is -0.480. The summed E-state index contributed by atoms with van der Waals surface area (Å²) < 4.78 is 4.78. The summed E-state index contributed by atoms with van der Waals surface area (Å²) in [6.07, 6.45) is 0. The molecule has 11 heteroatoms. The van der Waals surface area contributed by atoms with Crippen LogP contribution in [0.25, 0.3) is 0 Å². The van der Waals surface area contributed by atoms with E-state index >= 15 is 0 Å². The van der Waals surface area contributed by atoms with Crippen LogP contribution in [0.1, 0.15) is 10.5 Å². The van der Waals surface area contributed by atoms with Crippen LogP contribution in [0.15, 0.2) is 30.3 Å². The molecule has 0 fully saturated rings. The minimum Gasteiger partial charge on any atom is -0.451 e. The second-order valence-corrected chi connectivity index (χ2v) is 5.71. The van der Waals surface area contributed by atoms with Gasteiger partial charge in [-0.25, -0.2) is 9.78 Å². The summed E-state index contributed by atoms with van der Waals surface area (Å²) in [5.74, 6) is -1.66. The van der Waals surface area contributed by atoms with Gasteiger partial charge in [0.15, 0.2) is 12.3 Å². The molecule has 8 nitrogen and oxygen atoms in total. The standard InChI is InChI=1S/C14H8Cl3N3O5/c15-8-2-1-7(5-10(8)20(23)24)18-12(21)6-25-14(22)13-9(16)3-4-11(17)19-13/h1-5H,6H2,(H,18,21). The number of esters is 1. The number of rotatable bonds is 5. The second kappa shape index (κ2) is 8.11. The van der Waals surface area contributed by atoms with Crippen LogP contribution < -0.4 is 5.32 Å². The normalized spacial score (nSPS) is 10.2. The minimum atomic E-state index is -0.940. The van der Waals surface area contributed by atoms with Crippen molar-refractivity contribution in [2.75, 3.05) is 11.9 Å². The molecule has 0 unspecified atom stereocenters. The van der Waals surface area contributed by atoms with Gasteiger partial charge in [-0.05, 0) is 24.3 Å². The molecule has 130 valence electrons. The zero-order valence-electron chi connectivity index (χ0n) is 12.2. The van der Waals surface area contributed by atoms with Crippen LogP contribution in [-0.4, -0.2) is 28.4 Å². The van der Waals surface area contributed by atoms with Gasteiger partial charge < -0.3 is 10.1 Å². The third-order valence-electron chi connectivity index (χ3n) is 2.77. The molecule has 0 aliphatic heterocycles. The molecule has 0 saturated carbocycles. The molecule has 0 bridgehead atoms. The predicted molar refractivity (Wildman–Crippen MR) is 91.3 cm³/mol. The van der Waals surface area contributed by atoms with Gasteiger partial charge in [0.2, 0.25) is 0 Å². The molecule has 2 aromatic rings. The lowest BCUT2D eigenvalue weighted by Crippen LogP contribution is -2.21. The van der Waals surface area contributed by atoms with Crippen molar-refractivity contribution in [2.24, 2.45) is 0 Å². The number of amides is 1. The fraction of sp³-hybridized carbons (Fsp3) is 0.0714. The average Bonchev–Trinajstić information content (AvgIpc) is 2.56. The Labute approximate surface area is 155 Å². The Morgan fingerprint density at radius 1 is 1.16 bits per heavy atom. The maximum absolute atomic E-state index is 11.8. The summed E-state index contributed by atoms with van der Waals surface area (Å²) in [7, 11) is 0. The van der Waals surface area contributed by atoms with Crippen molar-refractivity contribution in [2.45, 2.75) is 0 Å². The van der Waals surface area contributed by atoms with Crippen molar-refractivity contribution < 1.29 is 19.2 Å². The van der Waals surface area contributed by atoms with E-state index in [-0.39, 0.29) is 32.3 Å². The summed E-state index contributed by atoms with van der Waals surface area (Å²) >= 11 is 17.1. The van der Waals surface area contributed by atoms with Gasteiger partial charge in [0, 0.05) is 11.8 Å². The number of hydrogen-bond donors (Lipinski definition) is 1. The molecule has 1 aromatic carbocycles. The Bertz CT molecular complexity index is 860. The Morgan fingerprint density at radius 2 is 1.84 bits per heavy atom. The number of nitro benzene ring substituents is 1. The van der Waals surface area contributed by atoms with Gasteiger partial charge in [-0.2, -0.15) is 0 Å². The molecule has 0 spiro atoms.